The molecule has 0 aliphatic heterocycles. The molecule has 108 valence electrons. The van der Waals surface area contributed by atoms with Crippen LogP contribution in [0.1, 0.15) is 23.7 Å². The molecule has 0 saturated heterocycles. The molecule has 1 aromatic carbocycles. The molecule has 0 aromatic heterocycles. The zero-order valence-corrected chi connectivity index (χ0v) is 12.1. The molecular formula is C13H16N2O4S. The van der Waals surface area contributed by atoms with Gasteiger partial charge in [0, 0.05) is 19.9 Å². The summed E-state index contributed by atoms with van der Waals surface area (Å²) < 4.78 is 5.15. The Balaban J connectivity index is 2.94. The summed E-state index contributed by atoms with van der Waals surface area (Å²) in [5, 5.41) is 2.42. The molecule has 1 rings (SSSR count). The van der Waals surface area contributed by atoms with E-state index < -0.39 is 5.91 Å². The van der Waals surface area contributed by atoms with Crippen LogP contribution >= 0.6 is 11.8 Å². The van der Waals surface area contributed by atoms with E-state index in [4.69, 9.17) is 10.5 Å². The van der Waals surface area contributed by atoms with Crippen LogP contribution in [-0.4, -0.2) is 30.6 Å². The van der Waals surface area contributed by atoms with E-state index in [1.54, 1.807) is 18.2 Å². The lowest BCUT2D eigenvalue weighted by atomic mass is 10.2. The Morgan fingerprint density at radius 2 is 2.05 bits per heavy atom. The van der Waals surface area contributed by atoms with Crippen molar-refractivity contribution in [2.45, 2.75) is 18.2 Å². The van der Waals surface area contributed by atoms with E-state index >= 15 is 0 Å². The average Bonchev–Trinajstić information content (AvgIpc) is 2.37. The Morgan fingerprint density at radius 3 is 2.60 bits per heavy atom. The maximum Gasteiger partial charge on any atom is 0.252 e. The van der Waals surface area contributed by atoms with Crippen LogP contribution in [0.2, 0.25) is 0 Å². The lowest BCUT2D eigenvalue weighted by molar-refractivity contribution is -0.117. The molecule has 3 N–H and O–H groups in total. The van der Waals surface area contributed by atoms with Crippen LogP contribution in [0.25, 0.3) is 0 Å². The van der Waals surface area contributed by atoms with E-state index in [1.807, 2.05) is 0 Å². The summed E-state index contributed by atoms with van der Waals surface area (Å²) in [6.45, 7) is 1.56. The Bertz CT molecular complexity index is 531. The number of nitrogens with two attached hydrogens (primary N) is 1. The minimum absolute atomic E-state index is 0.0604. The van der Waals surface area contributed by atoms with Gasteiger partial charge in [0.05, 0.1) is 17.6 Å². The molecule has 0 bridgehead atoms. The third-order valence-corrected chi connectivity index (χ3v) is 3.26. The van der Waals surface area contributed by atoms with Gasteiger partial charge in [-0.1, -0.05) is 6.07 Å². The molecule has 0 aliphatic carbocycles. The summed E-state index contributed by atoms with van der Waals surface area (Å²) in [4.78, 5) is 34.4. The number of carbonyl (C=O) groups is 3. The topological polar surface area (TPSA) is 98.5 Å². The van der Waals surface area contributed by atoms with Crippen LogP contribution in [0.4, 0.5) is 0 Å². The summed E-state index contributed by atoms with van der Waals surface area (Å²) in [6, 6.07) is 4.92. The summed E-state index contributed by atoms with van der Waals surface area (Å²) in [7, 11) is 1.47. The van der Waals surface area contributed by atoms with E-state index in [0.717, 1.165) is 11.8 Å². The Labute approximate surface area is 121 Å². The molecule has 7 heteroatoms. The number of ether oxygens (including phenoxy) is 1. The fraction of sp³-hybridized carbons (Fsp3) is 0.308. The van der Waals surface area contributed by atoms with Gasteiger partial charge in [-0.3, -0.25) is 14.4 Å². The van der Waals surface area contributed by atoms with Gasteiger partial charge in [0.2, 0.25) is 5.91 Å². The first-order valence-electron chi connectivity index (χ1n) is 5.87. The van der Waals surface area contributed by atoms with Crippen LogP contribution in [-0.2, 0) is 9.59 Å². The number of thioether (sulfide) groups is 1. The largest absolute Gasteiger partial charge is 0.496 e. The molecule has 1 aromatic rings. The molecule has 0 spiro atoms. The number of hydrogen-bond acceptors (Lipinski definition) is 5. The van der Waals surface area contributed by atoms with Crippen molar-refractivity contribution >= 4 is 28.7 Å². The van der Waals surface area contributed by atoms with Crippen molar-refractivity contribution < 1.29 is 19.1 Å². The third-order valence-electron chi connectivity index (χ3n) is 2.35. The number of methoxy groups -OCH3 is 1. The molecule has 20 heavy (non-hydrogen) atoms. The van der Waals surface area contributed by atoms with Crippen molar-refractivity contribution in [1.29, 1.82) is 0 Å². The number of nitrogens with one attached hydrogen (secondary N) is 1. The van der Waals surface area contributed by atoms with Crippen molar-refractivity contribution in [3.8, 4) is 5.75 Å². The van der Waals surface area contributed by atoms with Gasteiger partial charge in [-0.25, -0.2) is 0 Å². The van der Waals surface area contributed by atoms with Gasteiger partial charge in [0.25, 0.3) is 5.91 Å². The number of hydrogen-bond donors (Lipinski definition) is 2. The van der Waals surface area contributed by atoms with Crippen molar-refractivity contribution in [2.75, 3.05) is 13.7 Å². The highest BCUT2D eigenvalue weighted by molar-refractivity contribution is 8.13. The second-order valence-corrected chi connectivity index (χ2v) is 5.09. The van der Waals surface area contributed by atoms with Gasteiger partial charge in [-0.15, -0.1) is 0 Å². The Hall–Kier alpha value is -2.02. The molecule has 0 radical (unpaired) electrons. The van der Waals surface area contributed by atoms with Crippen LogP contribution in [0, 0.1) is 0 Å². The van der Waals surface area contributed by atoms with E-state index in [1.165, 1.54) is 14.0 Å². The molecule has 0 atom stereocenters. The summed E-state index contributed by atoms with van der Waals surface area (Å²) in [5.41, 5.74) is 5.33. The second-order valence-electron chi connectivity index (χ2n) is 3.90. The monoisotopic (exact) mass is 296 g/mol. The van der Waals surface area contributed by atoms with Crippen LogP contribution in [0.5, 0.6) is 5.75 Å². The van der Waals surface area contributed by atoms with Crippen molar-refractivity contribution in [2.24, 2.45) is 5.73 Å². The first-order valence-corrected chi connectivity index (χ1v) is 6.69. The summed E-state index contributed by atoms with van der Waals surface area (Å²) in [5.74, 6) is -0.420. The second kappa shape index (κ2) is 7.54. The predicted molar refractivity (Wildman–Crippen MR) is 75.7 cm³/mol. The molecule has 6 nitrogen and oxygen atoms in total. The van der Waals surface area contributed by atoms with Gasteiger partial charge in [-0.2, -0.15) is 0 Å². The number of benzene rings is 1. The number of primary amides is 1. The molecule has 0 fully saturated rings. The fourth-order valence-electron chi connectivity index (χ4n) is 1.50. The highest BCUT2D eigenvalue weighted by atomic mass is 32.2. The molecule has 0 unspecified atom stereocenters. The summed E-state index contributed by atoms with van der Waals surface area (Å²) in [6.07, 6.45) is 0.0604. The van der Waals surface area contributed by atoms with E-state index in [2.05, 4.69) is 5.32 Å². The first-order chi connectivity index (χ1) is 9.45. The highest BCUT2D eigenvalue weighted by Gasteiger charge is 2.17. The summed E-state index contributed by atoms with van der Waals surface area (Å²) >= 11 is 0.928. The standard InChI is InChI=1S/C13H16N2O4S/c1-8(16)20-12-9(4-3-5-10(12)19-2)13(18)15-7-6-11(14)17/h3-5H,6-7H2,1-2H3,(H2,14,17)(H,15,18). The van der Waals surface area contributed by atoms with Crippen LogP contribution in [0.3, 0.4) is 0 Å². The SMILES string of the molecule is COc1cccc(C(=O)NCCC(N)=O)c1SC(C)=O. The smallest absolute Gasteiger partial charge is 0.252 e. The first kappa shape index (κ1) is 16.0. The minimum atomic E-state index is -0.491. The number of amides is 2. The zero-order valence-electron chi connectivity index (χ0n) is 11.3. The number of carbonyl (C=O) groups excluding carboxylic acids is 3. The maximum atomic E-state index is 12.1. The minimum Gasteiger partial charge on any atom is -0.496 e. The van der Waals surface area contributed by atoms with Crippen molar-refractivity contribution in [1.82, 2.24) is 5.32 Å². The van der Waals surface area contributed by atoms with Crippen LogP contribution < -0.4 is 15.8 Å². The molecule has 0 saturated carbocycles. The molecule has 0 heterocycles. The molecular weight excluding hydrogens is 280 g/mol. The quantitative estimate of drug-likeness (QED) is 0.761. The van der Waals surface area contributed by atoms with E-state index in [0.29, 0.717) is 16.2 Å². The van der Waals surface area contributed by atoms with Crippen molar-refractivity contribution in [3.63, 3.8) is 0 Å². The van der Waals surface area contributed by atoms with E-state index in [-0.39, 0.29) is 24.0 Å². The highest BCUT2D eigenvalue weighted by Crippen LogP contribution is 2.33. The fourth-order valence-corrected chi connectivity index (χ4v) is 2.31. The average molecular weight is 296 g/mol. The molecule has 2 amide bonds. The zero-order chi connectivity index (χ0) is 15.1. The van der Waals surface area contributed by atoms with Gasteiger partial charge in [-0.05, 0) is 23.9 Å². The lowest BCUT2D eigenvalue weighted by Crippen LogP contribution is -2.28. The van der Waals surface area contributed by atoms with Gasteiger partial charge < -0.3 is 15.8 Å². The third kappa shape index (κ3) is 4.58. The molecule has 0 aliphatic rings. The van der Waals surface area contributed by atoms with Gasteiger partial charge in [0.15, 0.2) is 5.12 Å². The van der Waals surface area contributed by atoms with Crippen molar-refractivity contribution in [3.05, 3.63) is 23.8 Å². The number of rotatable bonds is 6. The lowest BCUT2D eigenvalue weighted by Gasteiger charge is -2.12. The van der Waals surface area contributed by atoms with Gasteiger partial charge >= 0.3 is 0 Å². The normalized spacial score (nSPS) is 9.90. The Kier molecular flexibility index (Phi) is 6.05. The van der Waals surface area contributed by atoms with Gasteiger partial charge in [0.1, 0.15) is 5.75 Å². The predicted octanol–water partition coefficient (Wildman–Crippen LogP) is 0.939. The Morgan fingerprint density at radius 1 is 1.35 bits per heavy atom. The van der Waals surface area contributed by atoms with Crippen LogP contribution in [0.15, 0.2) is 23.1 Å². The van der Waals surface area contributed by atoms with E-state index in [9.17, 15) is 14.4 Å². The maximum absolute atomic E-state index is 12.1.